The molecule has 0 atom stereocenters. The van der Waals surface area contributed by atoms with E-state index in [2.05, 4.69) is 10.3 Å². The molecular weight excluding hydrogens is 374 g/mol. The summed E-state index contributed by atoms with van der Waals surface area (Å²) in [7, 11) is 0. The first kappa shape index (κ1) is 17.6. The number of nitrogens with zero attached hydrogens (tertiary/aromatic N) is 4. The molecule has 1 aliphatic heterocycles. The number of benzene rings is 2. The lowest BCUT2D eigenvalue weighted by molar-refractivity contribution is 0.0984. The van der Waals surface area contributed by atoms with E-state index in [1.165, 1.54) is 16.8 Å². The molecule has 0 saturated heterocycles. The number of anilines is 1. The van der Waals surface area contributed by atoms with Gasteiger partial charge < -0.3 is 4.90 Å². The minimum absolute atomic E-state index is 0.0562. The third kappa shape index (κ3) is 3.08. The van der Waals surface area contributed by atoms with Crippen LogP contribution in [0.4, 0.5) is 14.5 Å². The summed E-state index contributed by atoms with van der Waals surface area (Å²) in [6.45, 7) is 2.26. The maximum Gasteiger partial charge on any atom is 0.280 e. The van der Waals surface area contributed by atoms with E-state index >= 15 is 0 Å². The first-order valence-electron chi connectivity index (χ1n) is 8.39. The third-order valence-corrected chi connectivity index (χ3v) is 5.09. The van der Waals surface area contributed by atoms with Crippen molar-refractivity contribution < 1.29 is 13.6 Å². The molecule has 0 radical (unpaired) electrons. The van der Waals surface area contributed by atoms with Crippen LogP contribution in [-0.4, -0.2) is 27.4 Å². The molecular formula is C19H15ClF2N4O. The highest BCUT2D eigenvalue weighted by atomic mass is 35.5. The van der Waals surface area contributed by atoms with Gasteiger partial charge in [0.05, 0.1) is 12.2 Å². The monoisotopic (exact) mass is 388 g/mol. The molecule has 8 heteroatoms. The van der Waals surface area contributed by atoms with Gasteiger partial charge in [-0.1, -0.05) is 28.9 Å². The second-order valence-electron chi connectivity index (χ2n) is 6.36. The number of amides is 1. The number of carbonyl (C=O) groups is 1. The lowest BCUT2D eigenvalue weighted by Gasteiger charge is -2.16. The van der Waals surface area contributed by atoms with Gasteiger partial charge in [-0.05, 0) is 37.1 Å². The van der Waals surface area contributed by atoms with Gasteiger partial charge in [0.15, 0.2) is 5.69 Å². The Hall–Kier alpha value is -2.80. The number of carbonyl (C=O) groups excluding carboxylic acids is 1. The smallest absolute Gasteiger partial charge is 0.280 e. The Labute approximate surface area is 159 Å². The number of hydrogen-bond acceptors (Lipinski definition) is 3. The summed E-state index contributed by atoms with van der Waals surface area (Å²) in [4.78, 5) is 14.6. The van der Waals surface area contributed by atoms with Crippen LogP contribution in [0.3, 0.4) is 0 Å². The molecule has 2 heterocycles. The Bertz CT molecular complexity index is 1050. The SMILES string of the molecule is Cc1c(C(=O)N2CCc3c(Cl)cccc32)nnn1Cc1ccc(F)cc1F. The van der Waals surface area contributed by atoms with Gasteiger partial charge in [0.2, 0.25) is 0 Å². The van der Waals surface area contributed by atoms with Crippen LogP contribution in [0, 0.1) is 18.6 Å². The molecule has 1 amide bonds. The van der Waals surface area contributed by atoms with Gasteiger partial charge in [-0.3, -0.25) is 4.79 Å². The Balaban J connectivity index is 1.61. The Morgan fingerprint density at radius 3 is 2.85 bits per heavy atom. The van der Waals surface area contributed by atoms with Crippen LogP contribution < -0.4 is 4.90 Å². The molecule has 0 bridgehead atoms. The summed E-state index contributed by atoms with van der Waals surface area (Å²) in [5.41, 5.74) is 2.68. The van der Waals surface area contributed by atoms with Crippen molar-refractivity contribution >= 4 is 23.2 Å². The topological polar surface area (TPSA) is 51.0 Å². The van der Waals surface area contributed by atoms with E-state index in [1.807, 2.05) is 6.07 Å². The van der Waals surface area contributed by atoms with E-state index in [4.69, 9.17) is 11.6 Å². The Morgan fingerprint density at radius 1 is 1.26 bits per heavy atom. The summed E-state index contributed by atoms with van der Waals surface area (Å²) in [6, 6.07) is 8.80. The minimum atomic E-state index is -0.666. The summed E-state index contributed by atoms with van der Waals surface area (Å²) >= 11 is 6.20. The highest BCUT2D eigenvalue weighted by Crippen LogP contribution is 2.34. The second-order valence-corrected chi connectivity index (χ2v) is 6.77. The van der Waals surface area contributed by atoms with E-state index in [0.29, 0.717) is 23.7 Å². The molecule has 0 N–H and O–H groups in total. The minimum Gasteiger partial charge on any atom is -0.306 e. The summed E-state index contributed by atoms with van der Waals surface area (Å²) in [5.74, 6) is -1.59. The van der Waals surface area contributed by atoms with Gasteiger partial charge in [-0.2, -0.15) is 0 Å². The van der Waals surface area contributed by atoms with Crippen LogP contribution >= 0.6 is 11.6 Å². The van der Waals surface area contributed by atoms with Gasteiger partial charge in [0.25, 0.3) is 5.91 Å². The van der Waals surface area contributed by atoms with Crippen LogP contribution in [0.2, 0.25) is 5.02 Å². The van der Waals surface area contributed by atoms with E-state index in [0.717, 1.165) is 17.3 Å². The molecule has 0 saturated carbocycles. The molecule has 4 rings (SSSR count). The van der Waals surface area contributed by atoms with Crippen LogP contribution in [0.1, 0.15) is 27.3 Å². The maximum absolute atomic E-state index is 13.9. The number of aromatic nitrogens is 3. The van der Waals surface area contributed by atoms with Crippen molar-refractivity contribution in [2.45, 2.75) is 19.9 Å². The predicted octanol–water partition coefficient (Wildman–Crippen LogP) is 3.77. The highest BCUT2D eigenvalue weighted by molar-refractivity contribution is 6.32. The highest BCUT2D eigenvalue weighted by Gasteiger charge is 2.30. The fourth-order valence-electron chi connectivity index (χ4n) is 3.25. The normalized spacial score (nSPS) is 13.1. The number of rotatable bonds is 3. The Kier molecular flexibility index (Phi) is 4.39. The van der Waals surface area contributed by atoms with Crippen molar-refractivity contribution in [1.82, 2.24) is 15.0 Å². The molecule has 0 spiro atoms. The predicted molar refractivity (Wildman–Crippen MR) is 97.1 cm³/mol. The average molecular weight is 389 g/mol. The van der Waals surface area contributed by atoms with Crippen LogP contribution in [0.15, 0.2) is 36.4 Å². The van der Waals surface area contributed by atoms with Crippen molar-refractivity contribution in [2.24, 2.45) is 0 Å². The van der Waals surface area contributed by atoms with Crippen molar-refractivity contribution in [1.29, 1.82) is 0 Å². The van der Waals surface area contributed by atoms with E-state index in [1.54, 1.807) is 24.0 Å². The summed E-state index contributed by atoms with van der Waals surface area (Å²) in [6.07, 6.45) is 0.675. The van der Waals surface area contributed by atoms with E-state index in [-0.39, 0.29) is 23.7 Å². The van der Waals surface area contributed by atoms with Crippen LogP contribution in [-0.2, 0) is 13.0 Å². The zero-order chi connectivity index (χ0) is 19.1. The molecule has 3 aromatic rings. The summed E-state index contributed by atoms with van der Waals surface area (Å²) < 4.78 is 28.4. The maximum atomic E-state index is 13.9. The molecule has 0 fully saturated rings. The molecule has 0 aliphatic carbocycles. The molecule has 27 heavy (non-hydrogen) atoms. The van der Waals surface area contributed by atoms with E-state index in [9.17, 15) is 13.6 Å². The van der Waals surface area contributed by atoms with Crippen LogP contribution in [0.25, 0.3) is 0 Å². The van der Waals surface area contributed by atoms with Gasteiger partial charge >= 0.3 is 0 Å². The molecule has 2 aromatic carbocycles. The molecule has 5 nitrogen and oxygen atoms in total. The fourth-order valence-corrected chi connectivity index (χ4v) is 3.51. The van der Waals surface area contributed by atoms with Crippen molar-refractivity contribution in [3.8, 4) is 0 Å². The first-order chi connectivity index (χ1) is 13.0. The number of halogens is 3. The lowest BCUT2D eigenvalue weighted by Crippen LogP contribution is -2.29. The largest absolute Gasteiger partial charge is 0.306 e. The summed E-state index contributed by atoms with van der Waals surface area (Å²) in [5, 5.41) is 8.60. The third-order valence-electron chi connectivity index (χ3n) is 4.74. The number of hydrogen-bond donors (Lipinski definition) is 0. The molecule has 0 unspecified atom stereocenters. The first-order valence-corrected chi connectivity index (χ1v) is 8.77. The number of fused-ring (bicyclic) bond motifs is 1. The zero-order valence-corrected chi connectivity index (χ0v) is 15.2. The zero-order valence-electron chi connectivity index (χ0n) is 14.4. The van der Waals surface area contributed by atoms with Gasteiger partial charge in [-0.25, -0.2) is 13.5 Å². The average Bonchev–Trinajstić information content (AvgIpc) is 3.22. The van der Waals surface area contributed by atoms with Crippen LogP contribution in [0.5, 0.6) is 0 Å². The van der Waals surface area contributed by atoms with Crippen molar-refractivity contribution in [3.05, 3.63) is 75.6 Å². The molecule has 1 aromatic heterocycles. The standard InChI is InChI=1S/C19H15ClF2N4O/c1-11-18(19(27)25-8-7-14-15(20)3-2-4-17(14)25)23-24-26(11)10-12-5-6-13(21)9-16(12)22/h2-6,9H,7-8,10H2,1H3. The van der Waals surface area contributed by atoms with Crippen molar-refractivity contribution in [2.75, 3.05) is 11.4 Å². The molecule has 1 aliphatic rings. The Morgan fingerprint density at radius 2 is 2.07 bits per heavy atom. The quantitative estimate of drug-likeness (QED) is 0.686. The van der Waals surface area contributed by atoms with Gasteiger partial charge in [0, 0.05) is 28.9 Å². The second kappa shape index (κ2) is 6.74. The van der Waals surface area contributed by atoms with Gasteiger partial charge in [-0.15, -0.1) is 5.10 Å². The van der Waals surface area contributed by atoms with Crippen molar-refractivity contribution in [3.63, 3.8) is 0 Å². The molecule has 138 valence electrons. The lowest BCUT2D eigenvalue weighted by atomic mass is 10.2. The van der Waals surface area contributed by atoms with E-state index < -0.39 is 11.6 Å². The fraction of sp³-hybridized carbons (Fsp3) is 0.211. The van der Waals surface area contributed by atoms with Gasteiger partial charge in [0.1, 0.15) is 11.6 Å².